The minimum Gasteiger partial charge on any atom is -0.354 e. The summed E-state index contributed by atoms with van der Waals surface area (Å²) in [5.41, 5.74) is -1.15. The van der Waals surface area contributed by atoms with E-state index in [1.54, 1.807) is 24.3 Å². The molecule has 1 N–H and O–H groups in total. The molecule has 13 heteroatoms. The second-order valence-electron chi connectivity index (χ2n) is 8.01. The smallest absolute Gasteiger partial charge is 0.354 e. The van der Waals surface area contributed by atoms with Crippen LogP contribution in [-0.2, 0) is 32.3 Å². The van der Waals surface area contributed by atoms with Gasteiger partial charge in [-0.05, 0) is 43.2 Å². The van der Waals surface area contributed by atoms with Gasteiger partial charge in [0.15, 0.2) is 0 Å². The molecule has 36 heavy (non-hydrogen) atoms. The summed E-state index contributed by atoms with van der Waals surface area (Å²) in [7, 11) is -4.21. The lowest BCUT2D eigenvalue weighted by Crippen LogP contribution is -2.51. The highest BCUT2D eigenvalue weighted by Gasteiger charge is 2.35. The van der Waals surface area contributed by atoms with Crippen molar-refractivity contribution in [2.45, 2.75) is 39.0 Å². The fraction of sp³-hybridized carbons (Fsp3) is 0.391. The molecular weight excluding hydrogens is 542 g/mol. The first-order valence-electron chi connectivity index (χ1n) is 10.8. The Kier molecular flexibility index (Phi) is 10.0. The van der Waals surface area contributed by atoms with Crippen LogP contribution in [0.1, 0.15) is 31.4 Å². The van der Waals surface area contributed by atoms with Gasteiger partial charge in [0.25, 0.3) is 0 Å². The number of carbonyl (C=O) groups excluding carboxylic acids is 2. The molecule has 2 aromatic carbocycles. The van der Waals surface area contributed by atoms with Crippen molar-refractivity contribution in [1.82, 2.24) is 10.2 Å². The molecule has 0 aromatic heterocycles. The van der Waals surface area contributed by atoms with Gasteiger partial charge in [0, 0.05) is 18.1 Å². The highest BCUT2D eigenvalue weighted by molar-refractivity contribution is 7.92. The van der Waals surface area contributed by atoms with Gasteiger partial charge >= 0.3 is 6.18 Å². The number of alkyl halides is 3. The molecule has 0 heterocycles. The maximum atomic E-state index is 13.4. The van der Waals surface area contributed by atoms with Crippen molar-refractivity contribution >= 4 is 50.7 Å². The molecule has 0 aliphatic carbocycles. The van der Waals surface area contributed by atoms with Crippen LogP contribution in [0.25, 0.3) is 0 Å². The maximum absolute atomic E-state index is 13.4. The molecule has 2 aromatic rings. The number of hydrogen-bond acceptors (Lipinski definition) is 4. The largest absolute Gasteiger partial charge is 0.417 e. The molecule has 198 valence electrons. The van der Waals surface area contributed by atoms with E-state index in [0.29, 0.717) is 33.9 Å². The molecule has 1 atom stereocenters. The summed E-state index contributed by atoms with van der Waals surface area (Å²) in [6.45, 7) is 2.69. The quantitative estimate of drug-likeness (QED) is 0.450. The minimum atomic E-state index is -4.84. The van der Waals surface area contributed by atoms with Crippen molar-refractivity contribution in [1.29, 1.82) is 0 Å². The van der Waals surface area contributed by atoms with Crippen LogP contribution >= 0.6 is 23.2 Å². The summed E-state index contributed by atoms with van der Waals surface area (Å²) in [6, 6.07) is 8.11. The van der Waals surface area contributed by atoms with Crippen LogP contribution in [0.3, 0.4) is 0 Å². The maximum Gasteiger partial charge on any atom is 0.417 e. The van der Waals surface area contributed by atoms with E-state index in [2.05, 4.69) is 5.32 Å². The Bertz CT molecular complexity index is 1210. The second-order valence-corrected chi connectivity index (χ2v) is 10.7. The van der Waals surface area contributed by atoms with Crippen molar-refractivity contribution in [3.8, 4) is 0 Å². The van der Waals surface area contributed by atoms with Crippen LogP contribution in [0.4, 0.5) is 18.9 Å². The molecular formula is C23H26Cl2F3N3O4S. The molecule has 0 aliphatic rings. The number of anilines is 1. The Morgan fingerprint density at radius 1 is 1.08 bits per heavy atom. The van der Waals surface area contributed by atoms with E-state index in [0.717, 1.165) is 23.3 Å². The average molecular weight is 568 g/mol. The molecule has 0 fully saturated rings. The number of nitrogens with one attached hydrogen (secondary N) is 1. The lowest BCUT2D eigenvalue weighted by Gasteiger charge is -2.31. The molecule has 0 saturated carbocycles. The number of carbonyl (C=O) groups is 2. The Morgan fingerprint density at radius 2 is 1.72 bits per heavy atom. The number of nitrogens with zero attached hydrogens (tertiary/aromatic N) is 2. The first kappa shape index (κ1) is 29.7. The lowest BCUT2D eigenvalue weighted by atomic mass is 10.1. The number of halogens is 5. The Hall–Kier alpha value is -2.50. The zero-order valence-corrected chi connectivity index (χ0v) is 22.1. The van der Waals surface area contributed by atoms with Crippen molar-refractivity contribution < 1.29 is 31.2 Å². The third kappa shape index (κ3) is 7.75. The fourth-order valence-electron chi connectivity index (χ4n) is 3.29. The van der Waals surface area contributed by atoms with Crippen LogP contribution in [-0.4, -0.2) is 50.5 Å². The Morgan fingerprint density at radius 3 is 2.28 bits per heavy atom. The monoisotopic (exact) mass is 567 g/mol. The Labute approximate surface area is 218 Å². The summed E-state index contributed by atoms with van der Waals surface area (Å²) >= 11 is 11.9. The molecule has 0 radical (unpaired) electrons. The van der Waals surface area contributed by atoms with E-state index in [9.17, 15) is 31.2 Å². The lowest BCUT2D eigenvalue weighted by molar-refractivity contribution is -0.139. The molecule has 0 bridgehead atoms. The van der Waals surface area contributed by atoms with Gasteiger partial charge in [0.1, 0.15) is 12.6 Å². The molecule has 1 unspecified atom stereocenters. The average Bonchev–Trinajstić information content (AvgIpc) is 2.78. The van der Waals surface area contributed by atoms with Gasteiger partial charge < -0.3 is 10.2 Å². The Balaban J connectivity index is 2.48. The van der Waals surface area contributed by atoms with E-state index in [1.807, 2.05) is 6.92 Å². The summed E-state index contributed by atoms with van der Waals surface area (Å²) in [5.74, 6) is -1.29. The van der Waals surface area contributed by atoms with Gasteiger partial charge in [-0.3, -0.25) is 13.9 Å². The summed E-state index contributed by atoms with van der Waals surface area (Å²) in [5, 5.41) is 2.38. The van der Waals surface area contributed by atoms with Crippen molar-refractivity contribution in [2.24, 2.45) is 0 Å². The predicted molar refractivity (Wildman–Crippen MR) is 133 cm³/mol. The minimum absolute atomic E-state index is 0.134. The summed E-state index contributed by atoms with van der Waals surface area (Å²) < 4.78 is 65.7. The van der Waals surface area contributed by atoms with Gasteiger partial charge in [-0.25, -0.2) is 8.42 Å². The molecule has 0 aliphatic heterocycles. The zero-order chi connectivity index (χ0) is 27.3. The summed E-state index contributed by atoms with van der Waals surface area (Å²) in [4.78, 5) is 27.2. The first-order valence-corrected chi connectivity index (χ1v) is 13.4. The van der Waals surface area contributed by atoms with E-state index in [1.165, 1.54) is 6.92 Å². The van der Waals surface area contributed by atoms with Crippen LogP contribution in [0.15, 0.2) is 42.5 Å². The van der Waals surface area contributed by atoms with Gasteiger partial charge in [-0.15, -0.1) is 0 Å². The normalized spacial score (nSPS) is 12.7. The molecule has 2 rings (SSSR count). The molecule has 7 nitrogen and oxygen atoms in total. The number of sulfonamides is 1. The second kappa shape index (κ2) is 12.2. The van der Waals surface area contributed by atoms with Gasteiger partial charge in [-0.2, -0.15) is 13.2 Å². The van der Waals surface area contributed by atoms with Gasteiger partial charge in [-0.1, -0.05) is 48.3 Å². The molecule has 0 saturated heterocycles. The van der Waals surface area contributed by atoms with Crippen LogP contribution in [0.2, 0.25) is 10.0 Å². The number of amides is 2. The number of hydrogen-bond donors (Lipinski definition) is 1. The predicted octanol–water partition coefficient (Wildman–Crippen LogP) is 4.72. The van der Waals surface area contributed by atoms with Gasteiger partial charge in [0.05, 0.1) is 22.5 Å². The highest BCUT2D eigenvalue weighted by atomic mass is 35.5. The summed E-state index contributed by atoms with van der Waals surface area (Å²) in [6.07, 6.45) is -3.43. The van der Waals surface area contributed by atoms with E-state index in [-0.39, 0.29) is 6.54 Å². The van der Waals surface area contributed by atoms with Crippen molar-refractivity contribution in [3.05, 3.63) is 63.6 Å². The van der Waals surface area contributed by atoms with E-state index < -0.39 is 56.9 Å². The standard InChI is InChI=1S/C23H26Cl2F3N3O4S/c1-4-11-29-22(33)15(2)30(13-16-7-5-6-8-19(16)24)21(32)14-31(36(3,34)35)17-9-10-20(25)18(12-17)23(26,27)28/h5-10,12,15H,4,11,13-14H2,1-3H3,(H,29,33). The van der Waals surface area contributed by atoms with Crippen LogP contribution < -0.4 is 9.62 Å². The fourth-order valence-corrected chi connectivity index (χ4v) is 4.55. The number of benzene rings is 2. The molecule has 2 amide bonds. The molecule has 0 spiro atoms. The van der Waals surface area contributed by atoms with E-state index in [4.69, 9.17) is 23.2 Å². The number of rotatable bonds is 10. The highest BCUT2D eigenvalue weighted by Crippen LogP contribution is 2.37. The van der Waals surface area contributed by atoms with E-state index >= 15 is 0 Å². The topological polar surface area (TPSA) is 86.8 Å². The van der Waals surface area contributed by atoms with Crippen LogP contribution in [0.5, 0.6) is 0 Å². The SMILES string of the molecule is CCCNC(=O)C(C)N(Cc1ccccc1Cl)C(=O)CN(c1ccc(Cl)c(C(F)(F)F)c1)S(C)(=O)=O. The first-order chi connectivity index (χ1) is 16.7. The third-order valence-electron chi connectivity index (χ3n) is 5.24. The van der Waals surface area contributed by atoms with Crippen molar-refractivity contribution in [3.63, 3.8) is 0 Å². The van der Waals surface area contributed by atoms with Crippen LogP contribution in [0, 0.1) is 0 Å². The third-order valence-corrected chi connectivity index (χ3v) is 7.08. The van der Waals surface area contributed by atoms with Crippen molar-refractivity contribution in [2.75, 3.05) is 23.7 Å². The zero-order valence-electron chi connectivity index (χ0n) is 19.8. The van der Waals surface area contributed by atoms with Gasteiger partial charge in [0.2, 0.25) is 21.8 Å².